The van der Waals surface area contributed by atoms with E-state index in [1.165, 1.54) is 11.9 Å². The number of nitrogens with zero attached hydrogens (tertiary/aromatic N) is 3. The third kappa shape index (κ3) is 5.51. The summed E-state index contributed by atoms with van der Waals surface area (Å²) >= 11 is 0. The van der Waals surface area contributed by atoms with E-state index in [-0.39, 0.29) is 31.8 Å². The number of carbonyl (C=O) groups is 4. The molecule has 2 aliphatic rings. The van der Waals surface area contributed by atoms with Crippen molar-refractivity contribution in [2.45, 2.75) is 57.4 Å². The van der Waals surface area contributed by atoms with Gasteiger partial charge in [-0.25, -0.2) is 9.18 Å². The smallest absolute Gasteiger partial charge is 0.341 e. The third-order valence-electron chi connectivity index (χ3n) is 7.99. The number of hydrogen-bond donors (Lipinski definition) is 1. The van der Waals surface area contributed by atoms with Gasteiger partial charge >= 0.3 is 12.2 Å². The second-order valence-electron chi connectivity index (χ2n) is 10.8. The molecule has 0 bridgehead atoms. The molecule has 41 heavy (non-hydrogen) atoms. The molecule has 1 N–H and O–H groups in total. The number of nitrogens with one attached hydrogen (secondary N) is 1. The third-order valence-corrected chi connectivity index (χ3v) is 7.99. The van der Waals surface area contributed by atoms with Gasteiger partial charge in [-0.05, 0) is 49.4 Å². The standard InChI is InChI=1S/C29H32F4N4O4/c1-17(2)23(34-24(38)21-16-20(29(31,32)33)10-11-22(21)30)25(39)36-14-12-28(13-15-36)26(40)35(4)27(41)37(28)18(3)19-8-6-5-7-9-19/h5-11,16-18,23H,12-15H2,1-4H3,(H,34,38)/t18-,23?/m1/s1. The van der Waals surface area contributed by atoms with Crippen LogP contribution in [0, 0.1) is 11.7 Å². The molecule has 2 aliphatic heterocycles. The fourth-order valence-corrected chi connectivity index (χ4v) is 5.62. The lowest BCUT2D eigenvalue weighted by molar-refractivity contribution is -0.142. The number of imide groups is 1. The fraction of sp³-hybridized carbons (Fsp3) is 0.448. The molecule has 0 radical (unpaired) electrons. The maximum absolute atomic E-state index is 14.3. The van der Waals surface area contributed by atoms with Gasteiger partial charge in [0.1, 0.15) is 17.4 Å². The van der Waals surface area contributed by atoms with Crippen LogP contribution in [-0.2, 0) is 15.8 Å². The van der Waals surface area contributed by atoms with Gasteiger partial charge in [0, 0.05) is 20.1 Å². The highest BCUT2D eigenvalue weighted by Gasteiger charge is 2.58. The number of rotatable bonds is 6. The molecule has 0 aliphatic carbocycles. The van der Waals surface area contributed by atoms with Crippen LogP contribution in [0.3, 0.4) is 0 Å². The normalized spacial score (nSPS) is 18.7. The number of urea groups is 1. The SMILES string of the molecule is CC(C)C(NC(=O)c1cc(C(F)(F)F)ccc1F)C(=O)N1CCC2(CC1)C(=O)N(C)C(=O)N2[C@H](C)c1ccccc1. The number of likely N-dealkylation sites (tertiary alicyclic amines) is 1. The summed E-state index contributed by atoms with van der Waals surface area (Å²) in [5.41, 5.74) is -2.31. The lowest BCUT2D eigenvalue weighted by atomic mass is 9.84. The number of piperidine rings is 1. The van der Waals surface area contributed by atoms with Crippen molar-refractivity contribution in [3.63, 3.8) is 0 Å². The highest BCUT2D eigenvalue weighted by atomic mass is 19.4. The van der Waals surface area contributed by atoms with Gasteiger partial charge in [0.05, 0.1) is 17.2 Å². The van der Waals surface area contributed by atoms with Crippen LogP contribution in [-0.4, -0.2) is 70.2 Å². The minimum atomic E-state index is -4.78. The van der Waals surface area contributed by atoms with Crippen LogP contribution in [0.2, 0.25) is 0 Å². The number of halogens is 4. The van der Waals surface area contributed by atoms with Crippen LogP contribution in [0.25, 0.3) is 0 Å². The first-order chi connectivity index (χ1) is 19.2. The number of alkyl halides is 3. The molecule has 2 fully saturated rings. The van der Waals surface area contributed by atoms with Gasteiger partial charge in [-0.1, -0.05) is 44.2 Å². The Bertz CT molecular complexity index is 1340. The second kappa shape index (κ2) is 11.1. The van der Waals surface area contributed by atoms with Crippen LogP contribution in [0.1, 0.15) is 61.1 Å². The molecule has 4 rings (SSSR count). The maximum Gasteiger partial charge on any atom is 0.416 e. The Balaban J connectivity index is 1.52. The predicted octanol–water partition coefficient (Wildman–Crippen LogP) is 4.62. The van der Waals surface area contributed by atoms with E-state index in [2.05, 4.69) is 5.32 Å². The summed E-state index contributed by atoms with van der Waals surface area (Å²) in [5.74, 6) is -3.64. The molecule has 8 nitrogen and oxygen atoms in total. The molecule has 1 unspecified atom stereocenters. The molecule has 0 aromatic heterocycles. The fourth-order valence-electron chi connectivity index (χ4n) is 5.62. The Kier molecular flexibility index (Phi) is 8.15. The Morgan fingerprint density at radius 2 is 1.59 bits per heavy atom. The summed E-state index contributed by atoms with van der Waals surface area (Å²) in [4.78, 5) is 57.1. The number of hydrogen-bond acceptors (Lipinski definition) is 4. The summed E-state index contributed by atoms with van der Waals surface area (Å²) in [6, 6.07) is 8.80. The highest BCUT2D eigenvalue weighted by Crippen LogP contribution is 2.42. The first-order valence-corrected chi connectivity index (χ1v) is 13.3. The van der Waals surface area contributed by atoms with E-state index in [0.717, 1.165) is 10.5 Å². The highest BCUT2D eigenvalue weighted by molar-refractivity contribution is 6.07. The minimum absolute atomic E-state index is 0.0979. The quantitative estimate of drug-likeness (QED) is 0.402. The Hall–Kier alpha value is -3.96. The Morgan fingerprint density at radius 3 is 2.15 bits per heavy atom. The molecule has 220 valence electrons. The molecule has 0 saturated carbocycles. The van der Waals surface area contributed by atoms with Gasteiger partial charge in [-0.3, -0.25) is 19.3 Å². The molecular weight excluding hydrogens is 544 g/mol. The average molecular weight is 577 g/mol. The van der Waals surface area contributed by atoms with Crippen LogP contribution in [0.5, 0.6) is 0 Å². The van der Waals surface area contributed by atoms with Crippen molar-refractivity contribution in [3.8, 4) is 0 Å². The van der Waals surface area contributed by atoms with Crippen molar-refractivity contribution in [1.82, 2.24) is 20.0 Å². The van der Waals surface area contributed by atoms with E-state index < -0.39 is 64.5 Å². The van der Waals surface area contributed by atoms with Crippen LogP contribution >= 0.6 is 0 Å². The summed E-state index contributed by atoms with van der Waals surface area (Å²) in [6.07, 6.45) is -4.46. The van der Waals surface area contributed by atoms with Crippen molar-refractivity contribution < 1.29 is 36.7 Å². The summed E-state index contributed by atoms with van der Waals surface area (Å²) in [6.45, 7) is 5.33. The Labute approximate surface area is 235 Å². The lowest BCUT2D eigenvalue weighted by Gasteiger charge is -2.45. The topological polar surface area (TPSA) is 90.0 Å². The Morgan fingerprint density at radius 1 is 0.976 bits per heavy atom. The first kappa shape index (κ1) is 30.0. The monoisotopic (exact) mass is 576 g/mol. The van der Waals surface area contributed by atoms with Gasteiger partial charge in [0.15, 0.2) is 0 Å². The van der Waals surface area contributed by atoms with Gasteiger partial charge in [-0.2, -0.15) is 13.2 Å². The van der Waals surface area contributed by atoms with Crippen molar-refractivity contribution in [2.24, 2.45) is 5.92 Å². The van der Waals surface area contributed by atoms with Crippen molar-refractivity contribution in [3.05, 3.63) is 71.0 Å². The van der Waals surface area contributed by atoms with Crippen LogP contribution in [0.15, 0.2) is 48.5 Å². The number of amides is 5. The van der Waals surface area contributed by atoms with E-state index in [1.807, 2.05) is 37.3 Å². The summed E-state index contributed by atoms with van der Waals surface area (Å²) in [7, 11) is 1.43. The largest absolute Gasteiger partial charge is 0.416 e. The van der Waals surface area contributed by atoms with E-state index >= 15 is 0 Å². The molecular formula is C29H32F4N4O4. The zero-order chi connectivity index (χ0) is 30.3. The van der Waals surface area contributed by atoms with Crippen LogP contribution < -0.4 is 5.32 Å². The lowest BCUT2D eigenvalue weighted by Crippen LogP contribution is -2.60. The van der Waals surface area contributed by atoms with Gasteiger partial charge < -0.3 is 15.1 Å². The van der Waals surface area contributed by atoms with Gasteiger partial charge in [-0.15, -0.1) is 0 Å². The summed E-state index contributed by atoms with van der Waals surface area (Å²) in [5, 5.41) is 2.40. The van der Waals surface area contributed by atoms with Crippen molar-refractivity contribution in [2.75, 3.05) is 20.1 Å². The predicted molar refractivity (Wildman–Crippen MR) is 141 cm³/mol. The first-order valence-electron chi connectivity index (χ1n) is 13.3. The molecule has 2 heterocycles. The minimum Gasteiger partial charge on any atom is -0.341 e. The number of carbonyl (C=O) groups excluding carboxylic acids is 4. The second-order valence-corrected chi connectivity index (χ2v) is 10.8. The van der Waals surface area contributed by atoms with Gasteiger partial charge in [0.2, 0.25) is 5.91 Å². The molecule has 2 saturated heterocycles. The van der Waals surface area contributed by atoms with Crippen molar-refractivity contribution in [1.29, 1.82) is 0 Å². The molecule has 5 amide bonds. The van der Waals surface area contributed by atoms with E-state index in [4.69, 9.17) is 0 Å². The molecule has 12 heteroatoms. The number of benzene rings is 2. The zero-order valence-electron chi connectivity index (χ0n) is 23.2. The van der Waals surface area contributed by atoms with Gasteiger partial charge in [0.25, 0.3) is 11.8 Å². The summed E-state index contributed by atoms with van der Waals surface area (Å²) < 4.78 is 53.7. The zero-order valence-corrected chi connectivity index (χ0v) is 23.2. The maximum atomic E-state index is 14.3. The van der Waals surface area contributed by atoms with E-state index in [1.54, 1.807) is 18.7 Å². The number of likely N-dealkylation sites (N-methyl/N-ethyl adjacent to an activating group) is 1. The van der Waals surface area contributed by atoms with E-state index in [9.17, 15) is 36.7 Å². The van der Waals surface area contributed by atoms with E-state index in [0.29, 0.717) is 18.2 Å². The average Bonchev–Trinajstić information content (AvgIpc) is 3.11. The van der Waals surface area contributed by atoms with Crippen LogP contribution in [0.4, 0.5) is 22.4 Å². The van der Waals surface area contributed by atoms with Crippen molar-refractivity contribution >= 4 is 23.8 Å². The molecule has 2 aromatic rings. The molecule has 2 aromatic carbocycles. The molecule has 1 spiro atoms. The molecule has 2 atom stereocenters.